The van der Waals surface area contributed by atoms with Crippen molar-refractivity contribution in [2.24, 2.45) is 5.92 Å². The van der Waals surface area contributed by atoms with Crippen molar-refractivity contribution in [2.75, 3.05) is 20.2 Å². The number of ether oxygens (including phenoxy) is 1. The maximum Gasteiger partial charge on any atom is 0.308 e. The number of methoxy groups -OCH3 is 1. The van der Waals surface area contributed by atoms with Crippen molar-refractivity contribution in [2.45, 2.75) is 69.6 Å². The van der Waals surface area contributed by atoms with Crippen LogP contribution < -0.4 is 5.32 Å². The molecule has 0 amide bonds. The van der Waals surface area contributed by atoms with E-state index in [1.807, 2.05) is 0 Å². The molecule has 29 heavy (non-hydrogen) atoms. The molecular weight excluding hydrogens is 364 g/mol. The van der Waals surface area contributed by atoms with Gasteiger partial charge in [0.25, 0.3) is 0 Å². The summed E-state index contributed by atoms with van der Waals surface area (Å²) in [6.45, 7) is 2.72. The van der Waals surface area contributed by atoms with Gasteiger partial charge in [-0.3, -0.25) is 9.69 Å². The highest BCUT2D eigenvalue weighted by Gasteiger charge is 2.34. The largest absolute Gasteiger partial charge is 0.469 e. The summed E-state index contributed by atoms with van der Waals surface area (Å²) in [5.41, 5.74) is 2.38. The molecule has 2 unspecified atom stereocenters. The summed E-state index contributed by atoms with van der Waals surface area (Å²) in [6.07, 6.45) is 8.13. The van der Waals surface area contributed by atoms with Crippen LogP contribution >= 0.6 is 0 Å². The molecule has 1 aromatic heterocycles. The highest BCUT2D eigenvalue weighted by atomic mass is 16.5. The van der Waals surface area contributed by atoms with Crippen LogP contribution in [0.5, 0.6) is 0 Å². The number of hydrogen-bond acceptors (Lipinski definition) is 5. The minimum atomic E-state index is -0.0573. The first kappa shape index (κ1) is 19.1. The molecule has 0 aliphatic carbocycles. The van der Waals surface area contributed by atoms with Gasteiger partial charge in [0.1, 0.15) is 5.82 Å². The van der Waals surface area contributed by atoms with Gasteiger partial charge in [0, 0.05) is 18.1 Å². The first-order chi connectivity index (χ1) is 14.2. The topological polar surface area (TPSA) is 59.4 Å². The normalized spacial score (nSPS) is 28.5. The predicted molar refractivity (Wildman–Crippen MR) is 113 cm³/mol. The molecule has 3 aliphatic rings. The Morgan fingerprint density at radius 1 is 1.14 bits per heavy atom. The number of para-hydroxylation sites is 2. The van der Waals surface area contributed by atoms with E-state index in [2.05, 4.69) is 39.0 Å². The average molecular weight is 397 g/mol. The van der Waals surface area contributed by atoms with Crippen LogP contribution in [0.2, 0.25) is 0 Å². The Morgan fingerprint density at radius 2 is 1.86 bits per heavy atom. The van der Waals surface area contributed by atoms with Crippen LogP contribution in [-0.2, 0) is 16.1 Å². The first-order valence-electron chi connectivity index (χ1n) is 11.2. The van der Waals surface area contributed by atoms with Gasteiger partial charge in [0.2, 0.25) is 0 Å². The van der Waals surface area contributed by atoms with Gasteiger partial charge in [-0.25, -0.2) is 4.98 Å². The predicted octanol–water partition coefficient (Wildman–Crippen LogP) is 3.27. The summed E-state index contributed by atoms with van der Waals surface area (Å²) < 4.78 is 7.49. The number of aromatic nitrogens is 2. The molecule has 3 fully saturated rings. The Morgan fingerprint density at radius 3 is 2.59 bits per heavy atom. The Labute approximate surface area is 172 Å². The summed E-state index contributed by atoms with van der Waals surface area (Å²) in [4.78, 5) is 19.4. The Bertz CT molecular complexity index is 859. The van der Waals surface area contributed by atoms with Gasteiger partial charge in [-0.1, -0.05) is 18.6 Å². The zero-order valence-electron chi connectivity index (χ0n) is 17.3. The summed E-state index contributed by atoms with van der Waals surface area (Å²) in [6, 6.07) is 10.4. The van der Waals surface area contributed by atoms with Crippen LogP contribution in [0, 0.1) is 5.92 Å². The minimum Gasteiger partial charge on any atom is -0.469 e. The number of hydrogen-bond donors (Lipinski definition) is 1. The molecule has 5 rings (SSSR count). The lowest BCUT2D eigenvalue weighted by molar-refractivity contribution is -0.147. The zero-order valence-corrected chi connectivity index (χ0v) is 17.3. The second kappa shape index (κ2) is 8.07. The molecule has 0 saturated carbocycles. The van der Waals surface area contributed by atoms with E-state index >= 15 is 0 Å². The lowest BCUT2D eigenvalue weighted by Gasteiger charge is -2.41. The molecule has 3 saturated heterocycles. The highest BCUT2D eigenvalue weighted by molar-refractivity contribution is 5.76. The number of carbonyl (C=O) groups is 1. The van der Waals surface area contributed by atoms with Crippen LogP contribution in [-0.4, -0.2) is 52.7 Å². The van der Waals surface area contributed by atoms with Crippen LogP contribution in [0.1, 0.15) is 56.8 Å². The fourth-order valence-corrected chi connectivity index (χ4v) is 5.75. The van der Waals surface area contributed by atoms with Gasteiger partial charge in [-0.05, 0) is 63.7 Å². The highest BCUT2D eigenvalue weighted by Crippen LogP contribution is 2.36. The molecule has 1 aromatic carbocycles. The number of imidazole rings is 1. The smallest absolute Gasteiger partial charge is 0.308 e. The SMILES string of the molecule is COC(=O)C1CCN(Cc2nc3ccccc3n2C2CC3CCCC(C2)N3)CC1. The first-order valence-corrected chi connectivity index (χ1v) is 11.2. The molecule has 4 heterocycles. The van der Waals surface area contributed by atoms with Crippen molar-refractivity contribution in [1.82, 2.24) is 19.8 Å². The van der Waals surface area contributed by atoms with E-state index < -0.39 is 0 Å². The number of carbonyl (C=O) groups excluding carboxylic acids is 1. The quantitative estimate of drug-likeness (QED) is 0.804. The Hall–Kier alpha value is -1.92. The number of fused-ring (bicyclic) bond motifs is 3. The molecule has 2 bridgehead atoms. The fourth-order valence-electron chi connectivity index (χ4n) is 5.75. The fraction of sp³-hybridized carbons (Fsp3) is 0.652. The van der Waals surface area contributed by atoms with Crippen molar-refractivity contribution in [3.05, 3.63) is 30.1 Å². The molecule has 0 radical (unpaired) electrons. The monoisotopic (exact) mass is 396 g/mol. The molecule has 6 nitrogen and oxygen atoms in total. The maximum atomic E-state index is 11.8. The Balaban J connectivity index is 1.38. The molecular formula is C23H32N4O2. The average Bonchev–Trinajstić information content (AvgIpc) is 3.11. The maximum absolute atomic E-state index is 11.8. The summed E-state index contributed by atoms with van der Waals surface area (Å²) in [5, 5.41) is 3.83. The second-order valence-electron chi connectivity index (χ2n) is 9.08. The molecule has 1 N–H and O–H groups in total. The van der Waals surface area contributed by atoms with Gasteiger partial charge in [0.15, 0.2) is 0 Å². The number of nitrogens with zero attached hydrogens (tertiary/aromatic N) is 3. The van der Waals surface area contributed by atoms with Crippen LogP contribution in [0.25, 0.3) is 11.0 Å². The lowest BCUT2D eigenvalue weighted by atomic mass is 9.84. The summed E-state index contributed by atoms with van der Waals surface area (Å²) >= 11 is 0. The van der Waals surface area contributed by atoms with Crippen LogP contribution in [0.15, 0.2) is 24.3 Å². The molecule has 2 aromatic rings. The molecule has 156 valence electrons. The zero-order chi connectivity index (χ0) is 19.8. The number of rotatable bonds is 4. The van der Waals surface area contributed by atoms with E-state index in [9.17, 15) is 4.79 Å². The van der Waals surface area contributed by atoms with Gasteiger partial charge in [-0.2, -0.15) is 0 Å². The van der Waals surface area contributed by atoms with E-state index in [-0.39, 0.29) is 11.9 Å². The summed E-state index contributed by atoms with van der Waals surface area (Å²) in [7, 11) is 1.49. The third-order valence-electron chi connectivity index (χ3n) is 7.21. The van der Waals surface area contributed by atoms with Gasteiger partial charge in [-0.15, -0.1) is 0 Å². The number of benzene rings is 1. The van der Waals surface area contributed by atoms with Crippen molar-refractivity contribution in [1.29, 1.82) is 0 Å². The molecule has 3 aliphatic heterocycles. The number of nitrogens with one attached hydrogen (secondary N) is 1. The van der Waals surface area contributed by atoms with Crippen LogP contribution in [0.4, 0.5) is 0 Å². The standard InChI is InChI=1S/C23H32N4O2/c1-29-23(28)16-9-11-26(12-10-16)15-22-25-20-7-2-3-8-21(20)27(22)19-13-17-5-4-6-18(14-19)24-17/h2-3,7-8,16-19,24H,4-6,9-15H2,1H3. The summed E-state index contributed by atoms with van der Waals surface area (Å²) in [5.74, 6) is 1.18. The number of piperidine rings is 3. The van der Waals surface area contributed by atoms with E-state index in [0.29, 0.717) is 18.1 Å². The van der Waals surface area contributed by atoms with Crippen molar-refractivity contribution in [3.63, 3.8) is 0 Å². The minimum absolute atomic E-state index is 0.0545. The van der Waals surface area contributed by atoms with E-state index in [1.165, 1.54) is 50.6 Å². The van der Waals surface area contributed by atoms with Gasteiger partial charge in [0.05, 0.1) is 30.6 Å². The third kappa shape index (κ3) is 3.80. The third-order valence-corrected chi connectivity index (χ3v) is 7.21. The Kier molecular flexibility index (Phi) is 5.31. The van der Waals surface area contributed by atoms with Gasteiger partial charge < -0.3 is 14.6 Å². The van der Waals surface area contributed by atoms with Crippen LogP contribution in [0.3, 0.4) is 0 Å². The van der Waals surface area contributed by atoms with E-state index in [0.717, 1.165) is 38.0 Å². The van der Waals surface area contributed by atoms with Gasteiger partial charge >= 0.3 is 5.97 Å². The molecule has 0 spiro atoms. The molecule has 6 heteroatoms. The second-order valence-corrected chi connectivity index (χ2v) is 9.08. The van der Waals surface area contributed by atoms with Crippen molar-refractivity contribution < 1.29 is 9.53 Å². The van der Waals surface area contributed by atoms with E-state index in [4.69, 9.17) is 9.72 Å². The molecule has 2 atom stereocenters. The lowest BCUT2D eigenvalue weighted by Crippen LogP contribution is -2.49. The van der Waals surface area contributed by atoms with Crippen molar-refractivity contribution in [3.8, 4) is 0 Å². The number of esters is 1. The van der Waals surface area contributed by atoms with Crippen molar-refractivity contribution >= 4 is 17.0 Å². The number of likely N-dealkylation sites (tertiary alicyclic amines) is 1. The van der Waals surface area contributed by atoms with E-state index in [1.54, 1.807) is 0 Å².